The molecule has 19 heavy (non-hydrogen) atoms. The number of hydrogen-bond donors (Lipinski definition) is 1. The Morgan fingerprint density at radius 3 is 3.11 bits per heavy atom. The lowest BCUT2D eigenvalue weighted by Gasteiger charge is -2.34. The zero-order valence-corrected chi connectivity index (χ0v) is 12.5. The fourth-order valence-electron chi connectivity index (χ4n) is 2.35. The lowest BCUT2D eigenvalue weighted by Crippen LogP contribution is -2.52. The van der Waals surface area contributed by atoms with Crippen LogP contribution >= 0.6 is 11.8 Å². The largest absolute Gasteiger partial charge is 0.337 e. The van der Waals surface area contributed by atoms with E-state index >= 15 is 0 Å². The highest BCUT2D eigenvalue weighted by Gasteiger charge is 2.22. The Kier molecular flexibility index (Phi) is 5.28. The van der Waals surface area contributed by atoms with Crippen LogP contribution in [0.1, 0.15) is 18.1 Å². The van der Waals surface area contributed by atoms with Crippen LogP contribution in [0.5, 0.6) is 0 Å². The molecule has 1 aliphatic heterocycles. The number of hydrogen-bond acceptors (Lipinski definition) is 3. The number of aryl methyl sites for hydroxylation is 1. The van der Waals surface area contributed by atoms with Crippen LogP contribution in [0.2, 0.25) is 0 Å². The van der Waals surface area contributed by atoms with E-state index in [0.717, 1.165) is 25.4 Å². The van der Waals surface area contributed by atoms with Crippen molar-refractivity contribution in [1.82, 2.24) is 10.2 Å². The van der Waals surface area contributed by atoms with Crippen LogP contribution in [-0.2, 0) is 10.5 Å². The Balaban J connectivity index is 1.77. The molecule has 0 aliphatic carbocycles. The van der Waals surface area contributed by atoms with Crippen molar-refractivity contribution in [2.24, 2.45) is 0 Å². The molecule has 1 amide bonds. The zero-order valence-electron chi connectivity index (χ0n) is 11.7. The zero-order chi connectivity index (χ0) is 13.7. The number of carbonyl (C=O) groups excluding carboxylic acids is 1. The summed E-state index contributed by atoms with van der Waals surface area (Å²) in [6, 6.07) is 8.80. The molecule has 1 N–H and O–H groups in total. The van der Waals surface area contributed by atoms with Gasteiger partial charge in [-0.2, -0.15) is 0 Å². The number of carbonyl (C=O) groups is 1. The minimum absolute atomic E-state index is 0.270. The van der Waals surface area contributed by atoms with Crippen LogP contribution in [0.3, 0.4) is 0 Å². The molecule has 1 atom stereocenters. The van der Waals surface area contributed by atoms with E-state index in [1.54, 1.807) is 11.8 Å². The van der Waals surface area contributed by atoms with Gasteiger partial charge < -0.3 is 10.2 Å². The number of piperazine rings is 1. The van der Waals surface area contributed by atoms with Crippen LogP contribution in [0.25, 0.3) is 0 Å². The molecule has 1 saturated heterocycles. The van der Waals surface area contributed by atoms with Crippen molar-refractivity contribution in [3.63, 3.8) is 0 Å². The predicted molar refractivity (Wildman–Crippen MR) is 81.4 cm³/mol. The predicted octanol–water partition coefficient (Wildman–Crippen LogP) is 2.05. The molecule has 0 radical (unpaired) electrons. The molecule has 0 spiro atoms. The maximum atomic E-state index is 12.1. The van der Waals surface area contributed by atoms with E-state index < -0.39 is 0 Å². The SMILES string of the molecule is Cc1cccc(CSCC(=O)N2CCNC[C@H]2C)c1. The van der Waals surface area contributed by atoms with Crippen LogP contribution in [0.15, 0.2) is 24.3 Å². The summed E-state index contributed by atoms with van der Waals surface area (Å²) in [7, 11) is 0. The Bertz CT molecular complexity index is 436. The fourth-order valence-corrected chi connectivity index (χ4v) is 3.21. The van der Waals surface area contributed by atoms with Crippen molar-refractivity contribution in [3.8, 4) is 0 Å². The fraction of sp³-hybridized carbons (Fsp3) is 0.533. The molecular formula is C15H22N2OS. The number of benzene rings is 1. The molecule has 0 aromatic heterocycles. The number of nitrogens with one attached hydrogen (secondary N) is 1. The van der Waals surface area contributed by atoms with Crippen molar-refractivity contribution >= 4 is 17.7 Å². The van der Waals surface area contributed by atoms with E-state index in [1.165, 1.54) is 11.1 Å². The molecule has 0 unspecified atom stereocenters. The van der Waals surface area contributed by atoms with Gasteiger partial charge in [0.2, 0.25) is 5.91 Å². The summed E-state index contributed by atoms with van der Waals surface area (Å²) in [6.07, 6.45) is 0. The molecule has 2 rings (SSSR count). The first-order valence-electron chi connectivity index (χ1n) is 6.80. The summed E-state index contributed by atoms with van der Waals surface area (Å²) in [4.78, 5) is 14.1. The van der Waals surface area contributed by atoms with Crippen molar-refractivity contribution in [2.75, 3.05) is 25.4 Å². The summed E-state index contributed by atoms with van der Waals surface area (Å²) in [5.41, 5.74) is 2.58. The van der Waals surface area contributed by atoms with Crippen LogP contribution < -0.4 is 5.32 Å². The van der Waals surface area contributed by atoms with Gasteiger partial charge in [-0.3, -0.25) is 4.79 Å². The first-order valence-corrected chi connectivity index (χ1v) is 7.96. The molecular weight excluding hydrogens is 256 g/mol. The van der Waals surface area contributed by atoms with Gasteiger partial charge in [-0.25, -0.2) is 0 Å². The van der Waals surface area contributed by atoms with Crippen molar-refractivity contribution in [3.05, 3.63) is 35.4 Å². The van der Waals surface area contributed by atoms with E-state index in [4.69, 9.17) is 0 Å². The number of nitrogens with zero attached hydrogens (tertiary/aromatic N) is 1. The first-order chi connectivity index (χ1) is 9.16. The van der Waals surface area contributed by atoms with Crippen LogP contribution in [0, 0.1) is 6.92 Å². The minimum atomic E-state index is 0.270. The molecule has 1 heterocycles. The highest BCUT2D eigenvalue weighted by atomic mass is 32.2. The van der Waals surface area contributed by atoms with Gasteiger partial charge in [0.15, 0.2) is 0 Å². The lowest BCUT2D eigenvalue weighted by molar-refractivity contribution is -0.131. The molecule has 104 valence electrons. The molecule has 1 fully saturated rings. The quantitative estimate of drug-likeness (QED) is 0.915. The van der Waals surface area contributed by atoms with Crippen molar-refractivity contribution in [1.29, 1.82) is 0 Å². The van der Waals surface area contributed by atoms with Gasteiger partial charge in [0, 0.05) is 31.4 Å². The van der Waals surface area contributed by atoms with E-state index in [-0.39, 0.29) is 5.91 Å². The normalized spacial score (nSPS) is 19.5. The van der Waals surface area contributed by atoms with Crippen molar-refractivity contribution in [2.45, 2.75) is 25.6 Å². The molecule has 1 aromatic rings. The van der Waals surface area contributed by atoms with E-state index in [9.17, 15) is 4.79 Å². The summed E-state index contributed by atoms with van der Waals surface area (Å²) in [5, 5.41) is 3.31. The maximum absolute atomic E-state index is 12.1. The van der Waals surface area contributed by atoms with Gasteiger partial charge in [-0.1, -0.05) is 29.8 Å². The van der Waals surface area contributed by atoms with Crippen LogP contribution in [-0.4, -0.2) is 42.2 Å². The van der Waals surface area contributed by atoms with E-state index in [0.29, 0.717) is 11.8 Å². The Hall–Kier alpha value is -1.00. The molecule has 1 aliphatic rings. The maximum Gasteiger partial charge on any atom is 0.232 e. The monoisotopic (exact) mass is 278 g/mol. The van der Waals surface area contributed by atoms with Gasteiger partial charge in [-0.15, -0.1) is 11.8 Å². The average Bonchev–Trinajstić information content (AvgIpc) is 2.39. The Labute approximate surface area is 119 Å². The van der Waals surface area contributed by atoms with E-state index in [2.05, 4.69) is 43.4 Å². The molecule has 1 aromatic carbocycles. The topological polar surface area (TPSA) is 32.3 Å². The summed E-state index contributed by atoms with van der Waals surface area (Å²) in [5.74, 6) is 1.76. The number of amides is 1. The third-order valence-electron chi connectivity index (χ3n) is 3.40. The van der Waals surface area contributed by atoms with Gasteiger partial charge in [0.1, 0.15) is 0 Å². The standard InChI is InChI=1S/C15H22N2OS/c1-12-4-3-5-14(8-12)10-19-11-15(18)17-7-6-16-9-13(17)2/h3-5,8,13,16H,6-7,9-11H2,1-2H3/t13-/m1/s1. The smallest absolute Gasteiger partial charge is 0.232 e. The Morgan fingerprint density at radius 2 is 2.37 bits per heavy atom. The van der Waals surface area contributed by atoms with Crippen molar-refractivity contribution < 1.29 is 4.79 Å². The van der Waals surface area contributed by atoms with Crippen LogP contribution in [0.4, 0.5) is 0 Å². The Morgan fingerprint density at radius 1 is 1.53 bits per heavy atom. The van der Waals surface area contributed by atoms with E-state index in [1.807, 2.05) is 4.90 Å². The highest BCUT2D eigenvalue weighted by molar-refractivity contribution is 7.99. The third kappa shape index (κ3) is 4.25. The second kappa shape index (κ2) is 6.96. The van der Waals surface area contributed by atoms with Gasteiger partial charge >= 0.3 is 0 Å². The minimum Gasteiger partial charge on any atom is -0.337 e. The second-order valence-corrected chi connectivity index (χ2v) is 6.11. The van der Waals surface area contributed by atoms with Gasteiger partial charge in [0.25, 0.3) is 0 Å². The third-order valence-corrected chi connectivity index (χ3v) is 4.39. The highest BCUT2D eigenvalue weighted by Crippen LogP contribution is 2.15. The van der Waals surface area contributed by atoms with Gasteiger partial charge in [0.05, 0.1) is 5.75 Å². The first kappa shape index (κ1) is 14.4. The summed E-state index contributed by atoms with van der Waals surface area (Å²) in [6.45, 7) is 6.87. The average molecular weight is 278 g/mol. The molecule has 3 nitrogen and oxygen atoms in total. The summed E-state index contributed by atoms with van der Waals surface area (Å²) < 4.78 is 0. The second-order valence-electron chi connectivity index (χ2n) is 5.12. The molecule has 4 heteroatoms. The van der Waals surface area contributed by atoms with Gasteiger partial charge in [-0.05, 0) is 19.4 Å². The number of thioether (sulfide) groups is 1. The molecule has 0 saturated carbocycles. The number of rotatable bonds is 4. The summed E-state index contributed by atoms with van der Waals surface area (Å²) >= 11 is 1.71. The molecule has 0 bridgehead atoms. The lowest BCUT2D eigenvalue weighted by atomic mass is 10.2.